The smallest absolute Gasteiger partial charge is 0.321 e. The normalized spacial score (nSPS) is 20.4. The van der Waals surface area contributed by atoms with E-state index in [1.54, 1.807) is 0 Å². The van der Waals surface area contributed by atoms with Gasteiger partial charge in [0.25, 0.3) is 0 Å². The Bertz CT molecular complexity index is 509. The first kappa shape index (κ1) is 15.3. The number of benzene rings is 1. The fraction of sp³-hybridized carbons (Fsp3) is 0.611. The summed E-state index contributed by atoms with van der Waals surface area (Å²) in [6, 6.07) is 6.78. The quantitative estimate of drug-likeness (QED) is 0.909. The van der Waals surface area contributed by atoms with E-state index >= 15 is 0 Å². The highest BCUT2D eigenvalue weighted by molar-refractivity contribution is 5.90. The number of amides is 2. The zero-order valence-corrected chi connectivity index (χ0v) is 13.8. The molecular weight excluding hydrogens is 274 g/mol. The van der Waals surface area contributed by atoms with Crippen LogP contribution in [0.25, 0.3) is 0 Å². The number of hydrogen-bond donors (Lipinski definition) is 1. The summed E-state index contributed by atoms with van der Waals surface area (Å²) in [6.07, 6.45) is 5.34. The number of aryl methyl sites for hydroxylation is 2. The Morgan fingerprint density at radius 1 is 1.00 bits per heavy atom. The summed E-state index contributed by atoms with van der Waals surface area (Å²) in [6.45, 7) is 8.27. The van der Waals surface area contributed by atoms with Crippen LogP contribution >= 0.6 is 0 Å². The predicted molar refractivity (Wildman–Crippen MR) is 90.3 cm³/mol. The van der Waals surface area contributed by atoms with Gasteiger partial charge >= 0.3 is 6.03 Å². The molecule has 2 amide bonds. The van der Waals surface area contributed by atoms with Gasteiger partial charge in [0.1, 0.15) is 0 Å². The number of carbonyl (C=O) groups excluding carboxylic acids is 1. The Morgan fingerprint density at radius 3 is 2.18 bits per heavy atom. The Kier molecular flexibility index (Phi) is 4.67. The van der Waals surface area contributed by atoms with Crippen molar-refractivity contribution in [3.63, 3.8) is 0 Å². The van der Waals surface area contributed by atoms with E-state index in [4.69, 9.17) is 0 Å². The molecule has 0 unspecified atom stereocenters. The van der Waals surface area contributed by atoms with Crippen molar-refractivity contribution in [1.82, 2.24) is 9.80 Å². The highest BCUT2D eigenvalue weighted by atomic mass is 16.2. The molecule has 4 heteroatoms. The Morgan fingerprint density at radius 2 is 1.59 bits per heavy atom. The van der Waals surface area contributed by atoms with Gasteiger partial charge in [0.2, 0.25) is 0 Å². The molecule has 0 aliphatic carbocycles. The van der Waals surface area contributed by atoms with E-state index in [0.29, 0.717) is 6.04 Å². The van der Waals surface area contributed by atoms with Crippen LogP contribution in [-0.2, 0) is 0 Å². The van der Waals surface area contributed by atoms with Gasteiger partial charge in [-0.1, -0.05) is 18.9 Å². The van der Waals surface area contributed by atoms with E-state index in [2.05, 4.69) is 30.1 Å². The van der Waals surface area contributed by atoms with Gasteiger partial charge in [-0.15, -0.1) is 0 Å². The summed E-state index contributed by atoms with van der Waals surface area (Å²) in [7, 11) is 0. The number of carbonyl (C=O) groups is 1. The summed E-state index contributed by atoms with van der Waals surface area (Å²) in [5.41, 5.74) is 3.27. The molecule has 1 aromatic carbocycles. The molecule has 0 saturated carbocycles. The summed E-state index contributed by atoms with van der Waals surface area (Å²) in [5.74, 6) is 0. The van der Waals surface area contributed by atoms with Crippen molar-refractivity contribution in [3.8, 4) is 0 Å². The van der Waals surface area contributed by atoms with Crippen LogP contribution in [0.3, 0.4) is 0 Å². The number of nitrogens with one attached hydrogen (secondary N) is 1. The molecule has 0 bridgehead atoms. The molecular formula is C18H27N3O. The van der Waals surface area contributed by atoms with Gasteiger partial charge in [-0.3, -0.25) is 4.90 Å². The van der Waals surface area contributed by atoms with E-state index in [0.717, 1.165) is 18.8 Å². The summed E-state index contributed by atoms with van der Waals surface area (Å²) >= 11 is 0. The van der Waals surface area contributed by atoms with Crippen LogP contribution in [0, 0.1) is 13.8 Å². The average molecular weight is 301 g/mol. The summed E-state index contributed by atoms with van der Waals surface area (Å²) < 4.78 is 0. The van der Waals surface area contributed by atoms with Crippen molar-refractivity contribution in [2.75, 3.05) is 31.5 Å². The predicted octanol–water partition coefficient (Wildman–Crippen LogP) is 3.40. The largest absolute Gasteiger partial charge is 0.321 e. The fourth-order valence-corrected chi connectivity index (χ4v) is 3.56. The van der Waals surface area contributed by atoms with Crippen LogP contribution in [0.2, 0.25) is 0 Å². The number of anilines is 1. The van der Waals surface area contributed by atoms with Gasteiger partial charge in [-0.05, 0) is 63.0 Å². The van der Waals surface area contributed by atoms with Crippen LogP contribution in [0.5, 0.6) is 0 Å². The second kappa shape index (κ2) is 6.69. The van der Waals surface area contributed by atoms with Gasteiger partial charge in [-0.2, -0.15) is 0 Å². The third-order valence-corrected chi connectivity index (χ3v) is 4.78. The van der Waals surface area contributed by atoms with Crippen LogP contribution < -0.4 is 5.32 Å². The molecule has 0 aromatic heterocycles. The SMILES string of the molecule is Cc1cc(C)cc(NC(=O)N2CC(N3CCCCCC3)C2)c1. The molecule has 22 heavy (non-hydrogen) atoms. The Hall–Kier alpha value is -1.55. The fourth-order valence-electron chi connectivity index (χ4n) is 3.56. The summed E-state index contributed by atoms with van der Waals surface area (Å²) in [5, 5.41) is 3.03. The maximum absolute atomic E-state index is 12.3. The van der Waals surface area contributed by atoms with Crippen LogP contribution in [0.4, 0.5) is 10.5 Å². The Labute approximate surface area is 133 Å². The molecule has 4 nitrogen and oxygen atoms in total. The molecule has 0 radical (unpaired) electrons. The molecule has 2 fully saturated rings. The molecule has 120 valence electrons. The van der Waals surface area contributed by atoms with E-state index in [9.17, 15) is 4.79 Å². The number of likely N-dealkylation sites (tertiary alicyclic amines) is 2. The topological polar surface area (TPSA) is 35.6 Å². The number of rotatable bonds is 2. The van der Waals surface area contributed by atoms with Gasteiger partial charge in [0.15, 0.2) is 0 Å². The van der Waals surface area contributed by atoms with Crippen molar-refractivity contribution in [2.24, 2.45) is 0 Å². The minimum atomic E-state index is 0.0380. The third-order valence-electron chi connectivity index (χ3n) is 4.78. The first-order chi connectivity index (χ1) is 10.6. The molecule has 3 rings (SSSR count). The van der Waals surface area contributed by atoms with Crippen molar-refractivity contribution >= 4 is 11.7 Å². The van der Waals surface area contributed by atoms with Gasteiger partial charge in [0.05, 0.1) is 0 Å². The van der Waals surface area contributed by atoms with Crippen molar-refractivity contribution in [1.29, 1.82) is 0 Å². The zero-order chi connectivity index (χ0) is 15.5. The lowest BCUT2D eigenvalue weighted by molar-refractivity contribution is 0.0638. The highest BCUT2D eigenvalue weighted by Gasteiger charge is 2.34. The lowest BCUT2D eigenvalue weighted by Crippen LogP contribution is -2.62. The van der Waals surface area contributed by atoms with E-state index in [1.165, 1.54) is 49.9 Å². The molecule has 1 aromatic rings. The number of hydrogen-bond acceptors (Lipinski definition) is 2. The molecule has 1 N–H and O–H groups in total. The molecule has 2 aliphatic heterocycles. The maximum atomic E-state index is 12.3. The maximum Gasteiger partial charge on any atom is 0.321 e. The lowest BCUT2D eigenvalue weighted by atomic mass is 10.1. The molecule has 0 spiro atoms. The number of nitrogens with zero attached hydrogens (tertiary/aromatic N) is 2. The zero-order valence-electron chi connectivity index (χ0n) is 13.8. The van der Waals surface area contributed by atoms with Crippen LogP contribution in [0.15, 0.2) is 18.2 Å². The molecule has 0 atom stereocenters. The van der Waals surface area contributed by atoms with Crippen molar-refractivity contribution in [3.05, 3.63) is 29.3 Å². The monoisotopic (exact) mass is 301 g/mol. The number of urea groups is 1. The minimum Gasteiger partial charge on any atom is -0.321 e. The standard InChI is InChI=1S/C18H27N3O/c1-14-9-15(2)11-16(10-14)19-18(22)21-12-17(13-21)20-7-5-3-4-6-8-20/h9-11,17H,3-8,12-13H2,1-2H3,(H,19,22). The van der Waals surface area contributed by atoms with E-state index < -0.39 is 0 Å². The third kappa shape index (κ3) is 3.61. The van der Waals surface area contributed by atoms with Gasteiger partial charge in [-0.25, -0.2) is 4.79 Å². The van der Waals surface area contributed by atoms with E-state index in [-0.39, 0.29) is 6.03 Å². The molecule has 2 heterocycles. The van der Waals surface area contributed by atoms with Gasteiger partial charge in [0, 0.05) is 24.8 Å². The van der Waals surface area contributed by atoms with Gasteiger partial charge < -0.3 is 10.2 Å². The highest BCUT2D eigenvalue weighted by Crippen LogP contribution is 2.21. The first-order valence-electron chi connectivity index (χ1n) is 8.50. The second-order valence-corrected chi connectivity index (χ2v) is 6.82. The minimum absolute atomic E-state index is 0.0380. The van der Waals surface area contributed by atoms with Crippen molar-refractivity contribution < 1.29 is 4.79 Å². The first-order valence-corrected chi connectivity index (χ1v) is 8.50. The van der Waals surface area contributed by atoms with E-state index in [1.807, 2.05) is 17.0 Å². The Balaban J connectivity index is 1.50. The van der Waals surface area contributed by atoms with Crippen molar-refractivity contribution in [2.45, 2.75) is 45.6 Å². The van der Waals surface area contributed by atoms with Crippen LogP contribution in [-0.4, -0.2) is 48.1 Å². The second-order valence-electron chi connectivity index (χ2n) is 6.82. The average Bonchev–Trinajstić information content (AvgIpc) is 2.64. The molecule has 2 aliphatic rings. The van der Waals surface area contributed by atoms with Crippen LogP contribution in [0.1, 0.15) is 36.8 Å². The summed E-state index contributed by atoms with van der Waals surface area (Å²) in [4.78, 5) is 16.8. The lowest BCUT2D eigenvalue weighted by Gasteiger charge is -2.45. The molecule has 2 saturated heterocycles.